The molecular weight excluding hydrogens is 648 g/mol. The number of alkyl halides is 3. The van der Waals surface area contributed by atoms with Crippen LogP contribution in [-0.4, -0.2) is 89.9 Å². The van der Waals surface area contributed by atoms with E-state index in [1.54, 1.807) is 4.90 Å². The molecule has 6 rings (SSSR count). The Morgan fingerprint density at radius 3 is 2.46 bits per heavy atom. The minimum atomic E-state index is -4.65. The number of halogens is 5. The third-order valence-electron chi connectivity index (χ3n) is 8.39. The molecule has 0 bridgehead atoms. The molecule has 3 aliphatic heterocycles. The zero-order valence-corrected chi connectivity index (χ0v) is 26.2. The number of H-pyrrole nitrogens is 1. The maximum absolute atomic E-state index is 13.2. The second-order valence-electron chi connectivity index (χ2n) is 11.5. The average Bonchev–Trinajstić information content (AvgIpc) is 3.28. The van der Waals surface area contributed by atoms with Crippen molar-refractivity contribution in [1.82, 2.24) is 30.4 Å². The fraction of sp³-hybridized carbons (Fsp3) is 0.448. The van der Waals surface area contributed by atoms with Gasteiger partial charge in [-0.2, -0.15) is 13.2 Å². The number of pyridine rings is 1. The summed E-state index contributed by atoms with van der Waals surface area (Å²) in [6.07, 6.45) is -3.91. The highest BCUT2D eigenvalue weighted by molar-refractivity contribution is 6.31. The summed E-state index contributed by atoms with van der Waals surface area (Å²) < 4.78 is 39.6. The van der Waals surface area contributed by atoms with Crippen LogP contribution < -0.4 is 27.4 Å². The molecule has 2 amide bonds. The summed E-state index contributed by atoms with van der Waals surface area (Å²) in [7, 11) is 0. The van der Waals surface area contributed by atoms with Gasteiger partial charge in [0.1, 0.15) is 5.82 Å². The van der Waals surface area contributed by atoms with Crippen molar-refractivity contribution < 1.29 is 22.8 Å². The molecule has 17 heteroatoms. The SMILES string of the molecule is N=C(N)N1CC(C(=O)NCC2c3[nH]c4ccc(Cl)cc4c3CCN2CCNc2ccc(Cl)c(C(F)(F)F)n2)C1.NC(=O)C1CNC1. The maximum Gasteiger partial charge on any atom is 0.434 e. The topological polar surface area (TPSA) is 181 Å². The lowest BCUT2D eigenvalue weighted by Gasteiger charge is -2.39. The van der Waals surface area contributed by atoms with E-state index in [1.807, 2.05) is 18.2 Å². The molecule has 3 aromatic rings. The number of likely N-dealkylation sites (tertiary alicyclic amines) is 1. The number of nitrogens with zero attached hydrogens (tertiary/aromatic N) is 3. The van der Waals surface area contributed by atoms with Crippen molar-refractivity contribution in [2.24, 2.45) is 23.3 Å². The Balaban J connectivity index is 0.000000527. The lowest BCUT2D eigenvalue weighted by atomic mass is 9.96. The maximum atomic E-state index is 13.2. The normalized spacial score (nSPS) is 18.5. The number of nitrogens with two attached hydrogens (primary N) is 2. The molecule has 1 aromatic carbocycles. The van der Waals surface area contributed by atoms with Crippen LogP contribution in [0.25, 0.3) is 10.9 Å². The lowest BCUT2D eigenvalue weighted by molar-refractivity contribution is -0.141. The first-order chi connectivity index (χ1) is 21.8. The van der Waals surface area contributed by atoms with Crippen LogP contribution in [0.1, 0.15) is 23.0 Å². The van der Waals surface area contributed by atoms with Gasteiger partial charge in [-0.05, 0) is 42.3 Å². The first kappa shape index (κ1) is 33.6. The monoisotopic (exact) mass is 682 g/mol. The molecule has 248 valence electrons. The highest BCUT2D eigenvalue weighted by Gasteiger charge is 2.37. The molecule has 0 radical (unpaired) electrons. The van der Waals surface area contributed by atoms with Crippen LogP contribution in [0.5, 0.6) is 0 Å². The van der Waals surface area contributed by atoms with E-state index in [2.05, 4.69) is 30.8 Å². The zero-order valence-electron chi connectivity index (χ0n) is 24.7. The molecule has 0 saturated carbocycles. The van der Waals surface area contributed by atoms with E-state index in [-0.39, 0.29) is 41.5 Å². The highest BCUT2D eigenvalue weighted by Crippen LogP contribution is 2.36. The molecular formula is C29H35Cl2F3N10O2. The van der Waals surface area contributed by atoms with Crippen molar-refractivity contribution in [1.29, 1.82) is 5.41 Å². The van der Waals surface area contributed by atoms with Gasteiger partial charge in [0.15, 0.2) is 11.7 Å². The van der Waals surface area contributed by atoms with Gasteiger partial charge in [0.2, 0.25) is 11.8 Å². The Bertz CT molecular complexity index is 1610. The smallest absolute Gasteiger partial charge is 0.370 e. The number of benzene rings is 1. The second kappa shape index (κ2) is 13.9. The Kier molecular flexibility index (Phi) is 10.2. The fourth-order valence-electron chi connectivity index (χ4n) is 5.63. The van der Waals surface area contributed by atoms with Crippen LogP contribution in [0.4, 0.5) is 19.0 Å². The lowest BCUT2D eigenvalue weighted by Crippen LogP contribution is -2.58. The Morgan fingerprint density at radius 2 is 1.85 bits per heavy atom. The molecule has 46 heavy (non-hydrogen) atoms. The van der Waals surface area contributed by atoms with Crippen molar-refractivity contribution in [3.63, 3.8) is 0 Å². The van der Waals surface area contributed by atoms with Crippen LogP contribution in [0, 0.1) is 17.2 Å². The van der Waals surface area contributed by atoms with Gasteiger partial charge in [0.25, 0.3) is 0 Å². The predicted molar refractivity (Wildman–Crippen MR) is 170 cm³/mol. The summed E-state index contributed by atoms with van der Waals surface area (Å²) >= 11 is 11.9. The predicted octanol–water partition coefficient (Wildman–Crippen LogP) is 2.53. The molecule has 5 heterocycles. The van der Waals surface area contributed by atoms with Crippen LogP contribution in [0.15, 0.2) is 30.3 Å². The largest absolute Gasteiger partial charge is 0.434 e. The standard InChI is InChI=1S/C25H27Cl2F3N8O.C4H8N2O/c26-14-1-3-18-16(9-14)15-5-7-37(8-6-33-20-4-2-17(27)22(36-20)25(28,29)30)19(21(15)35-18)10-34-23(39)13-11-38(12-13)24(31)32;5-4(7)3-1-6-2-3/h1-4,9,13,19,35H,5-8,10-12H2,(H3,31,32)(H,33,36)(H,34,39);3,6H,1-2H2,(H2,5,7). The third-order valence-corrected chi connectivity index (χ3v) is 8.93. The molecule has 0 aliphatic carbocycles. The molecule has 9 N–H and O–H groups in total. The number of primary amides is 1. The van der Waals surface area contributed by atoms with E-state index in [4.69, 9.17) is 40.1 Å². The van der Waals surface area contributed by atoms with Gasteiger partial charge in [-0.3, -0.25) is 19.9 Å². The van der Waals surface area contributed by atoms with Crippen LogP contribution >= 0.6 is 23.2 Å². The van der Waals surface area contributed by atoms with Crippen molar-refractivity contribution in [3.05, 3.63) is 57.3 Å². The zero-order chi connectivity index (χ0) is 33.2. The van der Waals surface area contributed by atoms with Crippen LogP contribution in [0.3, 0.4) is 0 Å². The number of amides is 2. The molecule has 2 aromatic heterocycles. The van der Waals surface area contributed by atoms with Gasteiger partial charge in [-0.1, -0.05) is 23.2 Å². The fourth-order valence-corrected chi connectivity index (χ4v) is 6.01. The number of carbonyl (C=O) groups excluding carboxylic acids is 2. The number of rotatable bonds is 8. The van der Waals surface area contributed by atoms with E-state index in [0.29, 0.717) is 44.3 Å². The average molecular weight is 684 g/mol. The molecule has 0 spiro atoms. The van der Waals surface area contributed by atoms with E-state index < -0.39 is 16.9 Å². The number of carbonyl (C=O) groups is 2. The number of guanidine groups is 1. The van der Waals surface area contributed by atoms with E-state index in [0.717, 1.165) is 41.7 Å². The summed E-state index contributed by atoms with van der Waals surface area (Å²) in [5, 5.41) is 17.6. The summed E-state index contributed by atoms with van der Waals surface area (Å²) in [6, 6.07) is 8.05. The molecule has 12 nitrogen and oxygen atoms in total. The Hall–Kier alpha value is -3.79. The quantitative estimate of drug-likeness (QED) is 0.140. The number of aromatic amines is 1. The number of fused-ring (bicyclic) bond motifs is 3. The van der Waals surface area contributed by atoms with Crippen molar-refractivity contribution >= 4 is 57.7 Å². The third kappa shape index (κ3) is 7.60. The van der Waals surface area contributed by atoms with Crippen LogP contribution in [0.2, 0.25) is 10.0 Å². The molecule has 1 unspecified atom stereocenters. The molecule has 2 saturated heterocycles. The first-order valence-electron chi connectivity index (χ1n) is 14.7. The number of hydrogen-bond donors (Lipinski definition) is 7. The van der Waals surface area contributed by atoms with Gasteiger partial charge in [0.05, 0.1) is 22.9 Å². The molecule has 3 aliphatic rings. The highest BCUT2D eigenvalue weighted by atomic mass is 35.5. The van der Waals surface area contributed by atoms with Gasteiger partial charge >= 0.3 is 6.18 Å². The minimum Gasteiger partial charge on any atom is -0.370 e. The number of hydrogen-bond acceptors (Lipinski definition) is 7. The minimum absolute atomic E-state index is 0.0519. The number of nitrogens with one attached hydrogen (secondary N) is 5. The van der Waals surface area contributed by atoms with Gasteiger partial charge in [-0.15, -0.1) is 0 Å². The van der Waals surface area contributed by atoms with Crippen molar-refractivity contribution in [2.75, 3.05) is 57.7 Å². The van der Waals surface area contributed by atoms with Gasteiger partial charge in [-0.25, -0.2) is 4.98 Å². The second-order valence-corrected chi connectivity index (χ2v) is 12.3. The van der Waals surface area contributed by atoms with Gasteiger partial charge in [0, 0.05) is 74.0 Å². The van der Waals surface area contributed by atoms with E-state index in [9.17, 15) is 22.8 Å². The van der Waals surface area contributed by atoms with E-state index in [1.165, 1.54) is 12.1 Å². The molecule has 2 fully saturated rings. The summed E-state index contributed by atoms with van der Waals surface area (Å²) in [6.45, 7) is 4.19. The Labute approximate surface area is 272 Å². The summed E-state index contributed by atoms with van der Waals surface area (Å²) in [4.78, 5) is 33.9. The van der Waals surface area contributed by atoms with Crippen LogP contribution in [-0.2, 0) is 22.2 Å². The van der Waals surface area contributed by atoms with Crippen molar-refractivity contribution in [3.8, 4) is 0 Å². The number of aromatic nitrogens is 2. The van der Waals surface area contributed by atoms with Crippen molar-refractivity contribution in [2.45, 2.75) is 18.6 Å². The van der Waals surface area contributed by atoms with Gasteiger partial charge < -0.3 is 37.3 Å². The summed E-state index contributed by atoms with van der Waals surface area (Å²) in [5.74, 6) is -0.397. The number of anilines is 1. The molecule has 1 atom stereocenters. The Morgan fingerprint density at radius 1 is 1.11 bits per heavy atom. The summed E-state index contributed by atoms with van der Waals surface area (Å²) in [5.41, 5.74) is 12.3. The first-order valence-corrected chi connectivity index (χ1v) is 15.5. The van der Waals surface area contributed by atoms with E-state index >= 15 is 0 Å².